The van der Waals surface area contributed by atoms with Crippen molar-refractivity contribution >= 4 is 38.3 Å². The minimum atomic E-state index is -0.125. The lowest BCUT2D eigenvalue weighted by Gasteiger charge is -2.02. The van der Waals surface area contributed by atoms with Crippen LogP contribution in [0.1, 0.15) is 34.9 Å². The van der Waals surface area contributed by atoms with E-state index in [1.807, 2.05) is 18.6 Å². The zero-order valence-electron chi connectivity index (χ0n) is 9.81. The summed E-state index contributed by atoms with van der Waals surface area (Å²) in [6.45, 7) is 0. The third-order valence-corrected chi connectivity index (χ3v) is 4.15. The van der Waals surface area contributed by atoms with Crippen molar-refractivity contribution in [2.45, 2.75) is 18.8 Å². The molecule has 2 aromatic heterocycles. The van der Waals surface area contributed by atoms with Crippen LogP contribution < -0.4 is 5.32 Å². The third kappa shape index (κ3) is 2.35. The van der Waals surface area contributed by atoms with Crippen LogP contribution in [-0.2, 0) is 7.05 Å². The molecule has 1 fully saturated rings. The van der Waals surface area contributed by atoms with Crippen LogP contribution >= 0.6 is 27.3 Å². The summed E-state index contributed by atoms with van der Waals surface area (Å²) in [5.74, 6) is 0.496. The number of hydrogen-bond acceptors (Lipinski definition) is 3. The van der Waals surface area contributed by atoms with E-state index in [-0.39, 0.29) is 5.91 Å². The van der Waals surface area contributed by atoms with Crippen molar-refractivity contribution in [1.82, 2.24) is 9.55 Å². The Kier molecular flexibility index (Phi) is 2.99. The highest BCUT2D eigenvalue weighted by molar-refractivity contribution is 9.10. The second-order valence-corrected chi connectivity index (χ2v) is 6.23. The first-order valence-corrected chi connectivity index (χ1v) is 7.39. The Morgan fingerprint density at radius 2 is 2.39 bits per heavy atom. The number of aryl methyl sites for hydroxylation is 1. The molecule has 1 amide bonds. The van der Waals surface area contributed by atoms with E-state index in [2.05, 4.69) is 26.2 Å². The van der Waals surface area contributed by atoms with Gasteiger partial charge in [0.15, 0.2) is 5.13 Å². The molecule has 0 saturated heterocycles. The first kappa shape index (κ1) is 11.9. The Morgan fingerprint density at radius 3 is 3.00 bits per heavy atom. The molecule has 3 rings (SSSR count). The molecule has 1 saturated carbocycles. The van der Waals surface area contributed by atoms with Gasteiger partial charge in [-0.25, -0.2) is 4.98 Å². The number of carbonyl (C=O) groups excluding carboxylic acids is 1. The van der Waals surface area contributed by atoms with E-state index in [0.29, 0.717) is 16.7 Å². The van der Waals surface area contributed by atoms with Gasteiger partial charge in [0.2, 0.25) is 0 Å². The standard InChI is InChI=1S/C12H12BrN3OS/c1-16-5-8(13)4-10(16)11(17)15-12-14-9(6-18-12)7-2-3-7/h4-7H,2-3H2,1H3,(H,14,15,17). The van der Waals surface area contributed by atoms with Gasteiger partial charge in [0.05, 0.1) is 5.69 Å². The highest BCUT2D eigenvalue weighted by Crippen LogP contribution is 2.40. The van der Waals surface area contributed by atoms with Crippen molar-refractivity contribution in [2.24, 2.45) is 7.05 Å². The number of anilines is 1. The van der Waals surface area contributed by atoms with Gasteiger partial charge in [0.25, 0.3) is 5.91 Å². The number of halogens is 1. The third-order valence-electron chi connectivity index (χ3n) is 2.94. The molecule has 0 bridgehead atoms. The summed E-state index contributed by atoms with van der Waals surface area (Å²) < 4.78 is 2.68. The largest absolute Gasteiger partial charge is 0.345 e. The van der Waals surface area contributed by atoms with Crippen molar-refractivity contribution in [1.29, 1.82) is 0 Å². The van der Waals surface area contributed by atoms with Crippen LogP contribution in [0.2, 0.25) is 0 Å². The number of thiazole rings is 1. The van der Waals surface area contributed by atoms with Gasteiger partial charge in [-0.05, 0) is 34.8 Å². The Balaban J connectivity index is 1.74. The summed E-state index contributed by atoms with van der Waals surface area (Å²) in [4.78, 5) is 16.5. The monoisotopic (exact) mass is 325 g/mol. The molecule has 0 radical (unpaired) electrons. The molecule has 0 aromatic carbocycles. The molecule has 1 N–H and O–H groups in total. The fourth-order valence-corrected chi connectivity index (χ4v) is 3.13. The van der Waals surface area contributed by atoms with Crippen LogP contribution in [0.25, 0.3) is 0 Å². The van der Waals surface area contributed by atoms with Crippen molar-refractivity contribution in [3.63, 3.8) is 0 Å². The quantitative estimate of drug-likeness (QED) is 0.940. The summed E-state index contributed by atoms with van der Waals surface area (Å²) >= 11 is 4.84. The van der Waals surface area contributed by atoms with E-state index in [4.69, 9.17) is 0 Å². The van der Waals surface area contributed by atoms with Gasteiger partial charge in [-0.2, -0.15) is 0 Å². The molecule has 0 spiro atoms. The Labute approximate surface area is 117 Å². The predicted octanol–water partition coefficient (Wildman–Crippen LogP) is 3.37. The van der Waals surface area contributed by atoms with Crippen LogP contribution in [0.3, 0.4) is 0 Å². The molecule has 1 aliphatic carbocycles. The van der Waals surface area contributed by atoms with E-state index in [9.17, 15) is 4.79 Å². The maximum atomic E-state index is 12.1. The molecule has 0 atom stereocenters. The fourth-order valence-electron chi connectivity index (χ4n) is 1.82. The van der Waals surface area contributed by atoms with Gasteiger partial charge < -0.3 is 4.57 Å². The molecular weight excluding hydrogens is 314 g/mol. The summed E-state index contributed by atoms with van der Waals surface area (Å²) in [6, 6.07) is 1.80. The molecule has 0 aliphatic heterocycles. The maximum absolute atomic E-state index is 12.1. The summed E-state index contributed by atoms with van der Waals surface area (Å²) in [5, 5.41) is 5.56. The van der Waals surface area contributed by atoms with Crippen LogP contribution in [0.5, 0.6) is 0 Å². The summed E-state index contributed by atoms with van der Waals surface area (Å²) in [5.41, 5.74) is 1.73. The fraction of sp³-hybridized carbons (Fsp3) is 0.333. The molecule has 0 unspecified atom stereocenters. The lowest BCUT2D eigenvalue weighted by molar-refractivity contribution is 0.101. The highest BCUT2D eigenvalue weighted by Gasteiger charge is 2.26. The number of carbonyl (C=O) groups is 1. The normalized spacial score (nSPS) is 14.8. The number of amides is 1. The van der Waals surface area contributed by atoms with E-state index >= 15 is 0 Å². The first-order valence-electron chi connectivity index (χ1n) is 5.72. The van der Waals surface area contributed by atoms with E-state index in [1.54, 1.807) is 10.6 Å². The molecule has 2 heterocycles. The number of hydrogen-bond donors (Lipinski definition) is 1. The van der Waals surface area contributed by atoms with Gasteiger partial charge in [0, 0.05) is 29.0 Å². The average molecular weight is 326 g/mol. The summed E-state index contributed by atoms with van der Waals surface area (Å²) in [6.07, 6.45) is 4.30. The Morgan fingerprint density at radius 1 is 1.61 bits per heavy atom. The maximum Gasteiger partial charge on any atom is 0.274 e. The lowest BCUT2D eigenvalue weighted by atomic mass is 10.3. The molecule has 94 valence electrons. The van der Waals surface area contributed by atoms with Crippen molar-refractivity contribution < 1.29 is 4.79 Å². The smallest absolute Gasteiger partial charge is 0.274 e. The van der Waals surface area contributed by atoms with Gasteiger partial charge in [-0.1, -0.05) is 0 Å². The SMILES string of the molecule is Cn1cc(Br)cc1C(=O)Nc1nc(C2CC2)cs1. The highest BCUT2D eigenvalue weighted by atomic mass is 79.9. The van der Waals surface area contributed by atoms with Gasteiger partial charge in [0.1, 0.15) is 5.69 Å². The predicted molar refractivity (Wildman–Crippen MR) is 75.2 cm³/mol. The molecule has 18 heavy (non-hydrogen) atoms. The number of rotatable bonds is 3. The van der Waals surface area contributed by atoms with Crippen LogP contribution in [0, 0.1) is 0 Å². The van der Waals surface area contributed by atoms with E-state index in [0.717, 1.165) is 10.2 Å². The number of nitrogens with zero attached hydrogens (tertiary/aromatic N) is 2. The van der Waals surface area contributed by atoms with Crippen molar-refractivity contribution in [3.05, 3.63) is 33.5 Å². The van der Waals surface area contributed by atoms with Crippen molar-refractivity contribution in [2.75, 3.05) is 5.32 Å². The zero-order chi connectivity index (χ0) is 12.7. The molecular formula is C12H12BrN3OS. The van der Waals surface area contributed by atoms with Crippen LogP contribution in [0.4, 0.5) is 5.13 Å². The second-order valence-electron chi connectivity index (χ2n) is 4.46. The van der Waals surface area contributed by atoms with E-state index < -0.39 is 0 Å². The molecule has 1 aliphatic rings. The molecule has 2 aromatic rings. The van der Waals surface area contributed by atoms with Gasteiger partial charge in [-0.15, -0.1) is 11.3 Å². The molecule has 4 nitrogen and oxygen atoms in total. The van der Waals surface area contributed by atoms with E-state index in [1.165, 1.54) is 24.2 Å². The average Bonchev–Trinajstić information content (AvgIpc) is 2.97. The van der Waals surface area contributed by atoms with Gasteiger partial charge >= 0.3 is 0 Å². The van der Waals surface area contributed by atoms with Crippen molar-refractivity contribution in [3.8, 4) is 0 Å². The number of aromatic nitrogens is 2. The van der Waals surface area contributed by atoms with Crippen LogP contribution in [-0.4, -0.2) is 15.5 Å². The minimum Gasteiger partial charge on any atom is -0.345 e. The Bertz CT molecular complexity index is 600. The first-order chi connectivity index (χ1) is 8.63. The number of nitrogens with one attached hydrogen (secondary N) is 1. The van der Waals surface area contributed by atoms with Crippen LogP contribution in [0.15, 0.2) is 22.1 Å². The lowest BCUT2D eigenvalue weighted by Crippen LogP contribution is -2.15. The Hall–Kier alpha value is -1.14. The minimum absolute atomic E-state index is 0.125. The topological polar surface area (TPSA) is 46.9 Å². The summed E-state index contributed by atoms with van der Waals surface area (Å²) in [7, 11) is 1.84. The van der Waals surface area contributed by atoms with Gasteiger partial charge in [-0.3, -0.25) is 10.1 Å². The zero-order valence-corrected chi connectivity index (χ0v) is 12.2. The molecule has 6 heteroatoms. The second kappa shape index (κ2) is 4.51.